The Hall–Kier alpha value is -2.81. The van der Waals surface area contributed by atoms with Crippen LogP contribution < -0.4 is 9.96 Å². The highest BCUT2D eigenvalue weighted by atomic mass is 16.8. The van der Waals surface area contributed by atoms with Gasteiger partial charge in [0.05, 0.1) is 6.04 Å². The van der Waals surface area contributed by atoms with Gasteiger partial charge >= 0.3 is 6.09 Å². The van der Waals surface area contributed by atoms with Gasteiger partial charge in [0.1, 0.15) is 23.6 Å². The molecule has 0 saturated heterocycles. The molecule has 1 heterocycles. The highest BCUT2D eigenvalue weighted by Gasteiger charge is 2.32. The van der Waals surface area contributed by atoms with Crippen molar-refractivity contribution in [2.24, 2.45) is 0 Å². The van der Waals surface area contributed by atoms with Crippen LogP contribution in [-0.4, -0.2) is 45.8 Å². The number of para-hydroxylation sites is 1. The monoisotopic (exact) mass is 446 g/mol. The Bertz CT molecular complexity index is 894. The average molecular weight is 447 g/mol. The topological polar surface area (TPSA) is 103 Å². The minimum Gasteiger partial charge on any atom is -0.489 e. The maximum absolute atomic E-state index is 12.6. The molecular formula is C24H34N2O6. The summed E-state index contributed by atoms with van der Waals surface area (Å²) in [5.74, 6) is 0.701. The number of rotatable bonds is 5. The van der Waals surface area contributed by atoms with Gasteiger partial charge in [-0.1, -0.05) is 31.2 Å². The van der Waals surface area contributed by atoms with Crippen molar-refractivity contribution in [2.75, 3.05) is 18.9 Å². The second-order valence-electron chi connectivity index (χ2n) is 8.42. The maximum atomic E-state index is 12.6. The molecule has 0 fully saturated rings. The van der Waals surface area contributed by atoms with Crippen molar-refractivity contribution in [3.63, 3.8) is 0 Å². The van der Waals surface area contributed by atoms with Crippen molar-refractivity contribution in [1.82, 2.24) is 4.90 Å². The van der Waals surface area contributed by atoms with Gasteiger partial charge in [-0.05, 0) is 62.9 Å². The zero-order valence-corrected chi connectivity index (χ0v) is 19.4. The lowest BCUT2D eigenvalue weighted by Crippen LogP contribution is -2.42. The van der Waals surface area contributed by atoms with Gasteiger partial charge in [0, 0.05) is 19.2 Å². The first-order chi connectivity index (χ1) is 15.2. The number of carbonyl (C=O) groups is 1. The summed E-state index contributed by atoms with van der Waals surface area (Å²) in [7, 11) is 1.00. The summed E-state index contributed by atoms with van der Waals surface area (Å²) in [6, 6.07) is 12.8. The van der Waals surface area contributed by atoms with Crippen LogP contribution in [0.25, 0.3) is 0 Å². The van der Waals surface area contributed by atoms with E-state index in [2.05, 4.69) is 6.92 Å². The molecule has 2 aromatic carbocycles. The second kappa shape index (κ2) is 11.2. The molecule has 0 saturated carbocycles. The molecule has 0 bridgehead atoms. The van der Waals surface area contributed by atoms with Gasteiger partial charge in [-0.15, -0.1) is 5.23 Å². The second-order valence-corrected chi connectivity index (χ2v) is 8.42. The number of carbonyl (C=O) groups excluding carboxylic acids is 1. The van der Waals surface area contributed by atoms with Gasteiger partial charge in [0.15, 0.2) is 0 Å². The number of aliphatic hydroxyl groups is 1. The lowest BCUT2D eigenvalue weighted by molar-refractivity contribution is 0.0136. The van der Waals surface area contributed by atoms with E-state index >= 15 is 0 Å². The molecule has 3 N–H and O–H groups in total. The molecule has 2 aromatic rings. The quantitative estimate of drug-likeness (QED) is 0.572. The van der Waals surface area contributed by atoms with Gasteiger partial charge in [-0.3, -0.25) is 10.4 Å². The summed E-state index contributed by atoms with van der Waals surface area (Å²) in [5.41, 5.74) is 2.66. The first-order valence-corrected chi connectivity index (χ1v) is 10.7. The van der Waals surface area contributed by atoms with Crippen LogP contribution >= 0.6 is 0 Å². The van der Waals surface area contributed by atoms with Gasteiger partial charge < -0.3 is 19.5 Å². The number of benzene rings is 2. The van der Waals surface area contributed by atoms with Crippen LogP contribution in [0.15, 0.2) is 42.5 Å². The van der Waals surface area contributed by atoms with Crippen LogP contribution in [0.5, 0.6) is 5.75 Å². The third-order valence-corrected chi connectivity index (χ3v) is 5.09. The summed E-state index contributed by atoms with van der Waals surface area (Å²) in [6.45, 7) is 8.48. The number of hydrogen-bond acceptors (Lipinski definition) is 7. The third-order valence-electron chi connectivity index (χ3n) is 5.09. The number of anilines is 1. The summed E-state index contributed by atoms with van der Waals surface area (Å²) in [5, 5.41) is 25.8. The van der Waals surface area contributed by atoms with Crippen LogP contribution in [0, 0.1) is 0 Å². The minimum atomic E-state index is -0.525. The lowest BCUT2D eigenvalue weighted by atomic mass is 9.91. The smallest absolute Gasteiger partial charge is 0.410 e. The summed E-state index contributed by atoms with van der Waals surface area (Å²) in [6.07, 6.45) is 1.23. The molecular weight excluding hydrogens is 412 g/mol. The molecule has 3 rings (SSSR count). The predicted octanol–water partition coefficient (Wildman–Crippen LogP) is 4.70. The van der Waals surface area contributed by atoms with Crippen LogP contribution in [0.4, 0.5) is 10.5 Å². The van der Waals surface area contributed by atoms with E-state index in [0.29, 0.717) is 17.9 Å². The molecule has 0 aromatic heterocycles. The Balaban J connectivity index is 0.00000176. The van der Waals surface area contributed by atoms with Crippen LogP contribution in [0.2, 0.25) is 0 Å². The van der Waals surface area contributed by atoms with Crippen molar-refractivity contribution in [1.29, 1.82) is 0 Å². The molecule has 32 heavy (non-hydrogen) atoms. The fraction of sp³-hybridized carbons (Fsp3) is 0.458. The number of aliphatic hydroxyl groups excluding tert-OH is 1. The summed E-state index contributed by atoms with van der Waals surface area (Å²) < 4.78 is 11.5. The molecule has 8 nitrogen and oxygen atoms in total. The van der Waals surface area contributed by atoms with Crippen molar-refractivity contribution in [2.45, 2.75) is 58.8 Å². The first-order valence-electron chi connectivity index (χ1n) is 10.7. The van der Waals surface area contributed by atoms with Crippen LogP contribution in [0.3, 0.4) is 0 Å². The molecule has 0 aliphatic carbocycles. The largest absolute Gasteiger partial charge is 0.489 e. The highest BCUT2D eigenvalue weighted by Crippen LogP contribution is 2.35. The lowest BCUT2D eigenvalue weighted by Gasteiger charge is -2.37. The highest BCUT2D eigenvalue weighted by molar-refractivity contribution is 5.69. The number of nitrogens with zero attached hydrogens (tertiary/aromatic N) is 2. The molecule has 0 spiro atoms. The summed E-state index contributed by atoms with van der Waals surface area (Å²) in [4.78, 5) is 14.4. The minimum absolute atomic E-state index is 0.0317. The Morgan fingerprint density at radius 1 is 1.16 bits per heavy atom. The molecule has 0 radical (unpaired) electrons. The van der Waals surface area contributed by atoms with Gasteiger partial charge in [-0.2, -0.15) is 0 Å². The number of amides is 1. The van der Waals surface area contributed by atoms with E-state index in [4.69, 9.17) is 14.6 Å². The fourth-order valence-corrected chi connectivity index (χ4v) is 3.75. The molecule has 1 aliphatic heterocycles. The number of fused-ring (bicyclic) bond motifs is 1. The van der Waals surface area contributed by atoms with E-state index in [0.717, 1.165) is 31.1 Å². The maximum Gasteiger partial charge on any atom is 0.410 e. The van der Waals surface area contributed by atoms with Crippen LogP contribution in [-0.2, 0) is 17.8 Å². The normalized spacial score (nSPS) is 15.2. The first kappa shape index (κ1) is 25.5. The van der Waals surface area contributed by atoms with Gasteiger partial charge in [0.2, 0.25) is 0 Å². The number of ether oxygens (including phenoxy) is 2. The molecule has 1 aliphatic rings. The molecule has 1 atom stereocenters. The zero-order chi connectivity index (χ0) is 23.9. The van der Waals surface area contributed by atoms with E-state index in [-0.39, 0.29) is 29.7 Å². The predicted molar refractivity (Wildman–Crippen MR) is 121 cm³/mol. The zero-order valence-electron chi connectivity index (χ0n) is 19.4. The van der Waals surface area contributed by atoms with Crippen molar-refractivity contribution >= 4 is 11.8 Å². The molecule has 1 amide bonds. The summed E-state index contributed by atoms with van der Waals surface area (Å²) >= 11 is 0. The van der Waals surface area contributed by atoms with E-state index in [9.17, 15) is 15.2 Å². The average Bonchev–Trinajstić information content (AvgIpc) is 2.76. The molecule has 176 valence electrons. The van der Waals surface area contributed by atoms with Gasteiger partial charge in [-0.25, -0.2) is 4.79 Å². The van der Waals surface area contributed by atoms with Crippen molar-refractivity contribution < 1.29 is 29.8 Å². The van der Waals surface area contributed by atoms with E-state index in [1.165, 1.54) is 0 Å². The molecule has 8 heteroatoms. The standard InChI is InChI=1S/C23H30N2O5.CH4O/c1-5-20-19-11-10-18(29-15-17-8-6-7-9-21(17)25(27)28)14-16(19)12-13-24(20)22(26)30-23(2,3)4;1-2/h6-11,14,20,27-28H,5,12-13,15H2,1-4H3;2H,1H3/t20-;/m0./s1. The fourth-order valence-electron chi connectivity index (χ4n) is 3.75. The number of hydrogen-bond donors (Lipinski definition) is 3. The van der Waals surface area contributed by atoms with Crippen molar-refractivity contribution in [3.8, 4) is 5.75 Å². The Morgan fingerprint density at radius 2 is 1.84 bits per heavy atom. The SMILES string of the molecule is CC[C@H]1c2ccc(OCc3ccccc3N(O)O)cc2CCN1C(=O)OC(C)(C)C.CO. The van der Waals surface area contributed by atoms with E-state index in [1.807, 2.05) is 45.0 Å². The Morgan fingerprint density at radius 3 is 2.47 bits per heavy atom. The van der Waals surface area contributed by atoms with Gasteiger partial charge in [0.25, 0.3) is 0 Å². The Kier molecular flexibility index (Phi) is 8.89. The van der Waals surface area contributed by atoms with Crippen LogP contribution in [0.1, 0.15) is 56.8 Å². The van der Waals surface area contributed by atoms with E-state index < -0.39 is 5.60 Å². The molecule has 0 unspecified atom stereocenters. The van der Waals surface area contributed by atoms with Crippen molar-refractivity contribution in [3.05, 3.63) is 59.2 Å². The van der Waals surface area contributed by atoms with E-state index in [1.54, 1.807) is 23.1 Å². The third kappa shape index (κ3) is 6.35. The Labute approximate surface area is 189 Å².